The number of ether oxygens (including phenoxy) is 1. The predicted octanol–water partition coefficient (Wildman–Crippen LogP) is 0.394. The van der Waals surface area contributed by atoms with Crippen LogP contribution in [-0.2, 0) is 11.3 Å². The van der Waals surface area contributed by atoms with Crippen molar-refractivity contribution in [1.29, 1.82) is 0 Å². The van der Waals surface area contributed by atoms with Crippen LogP contribution in [0.15, 0.2) is 24.3 Å². The lowest BCUT2D eigenvalue weighted by molar-refractivity contribution is 0.185. The van der Waals surface area contributed by atoms with Gasteiger partial charge in [0.1, 0.15) is 0 Å². The van der Waals surface area contributed by atoms with Crippen LogP contribution in [0, 0.1) is 0 Å². The smallest absolute Gasteiger partial charge is 0.195 e. The molecule has 0 spiro atoms. The third-order valence-corrected chi connectivity index (χ3v) is 2.29. The highest BCUT2D eigenvalue weighted by atomic mass is 16.5. The van der Waals surface area contributed by atoms with Crippen molar-refractivity contribution in [2.24, 2.45) is 5.73 Å². The molecule has 0 bridgehead atoms. The minimum atomic E-state index is -0.352. The summed E-state index contributed by atoms with van der Waals surface area (Å²) in [5, 5.41) is 13.6. The zero-order valence-corrected chi connectivity index (χ0v) is 8.92. The monoisotopic (exact) mass is 219 g/mol. The standard InChI is InChI=1S/C10H13N5O/c1-16-6-7-2-4-8(5-3-7)9(11)10-12-14-15-13-10/h2-5,9H,6,11H2,1H3,(H,12,13,14,15). The van der Waals surface area contributed by atoms with Gasteiger partial charge < -0.3 is 10.5 Å². The van der Waals surface area contributed by atoms with Crippen LogP contribution in [0.3, 0.4) is 0 Å². The maximum atomic E-state index is 5.97. The van der Waals surface area contributed by atoms with Crippen LogP contribution in [0.25, 0.3) is 0 Å². The molecule has 1 aromatic carbocycles. The van der Waals surface area contributed by atoms with E-state index >= 15 is 0 Å². The van der Waals surface area contributed by atoms with Gasteiger partial charge in [0.2, 0.25) is 0 Å². The molecule has 6 nitrogen and oxygen atoms in total. The first-order valence-electron chi connectivity index (χ1n) is 4.88. The van der Waals surface area contributed by atoms with Crippen LogP contribution in [0.5, 0.6) is 0 Å². The molecule has 16 heavy (non-hydrogen) atoms. The Morgan fingerprint density at radius 1 is 1.38 bits per heavy atom. The molecule has 0 radical (unpaired) electrons. The van der Waals surface area contributed by atoms with E-state index in [1.165, 1.54) is 0 Å². The fourth-order valence-electron chi connectivity index (χ4n) is 1.44. The summed E-state index contributed by atoms with van der Waals surface area (Å²) in [5.74, 6) is 0.486. The third-order valence-electron chi connectivity index (χ3n) is 2.29. The molecule has 0 saturated carbocycles. The van der Waals surface area contributed by atoms with Crippen molar-refractivity contribution in [2.45, 2.75) is 12.6 Å². The van der Waals surface area contributed by atoms with Crippen molar-refractivity contribution in [2.75, 3.05) is 7.11 Å². The second-order valence-corrected chi connectivity index (χ2v) is 3.42. The van der Waals surface area contributed by atoms with Gasteiger partial charge in [-0.15, -0.1) is 10.2 Å². The Hall–Kier alpha value is -1.79. The van der Waals surface area contributed by atoms with Crippen molar-refractivity contribution in [3.63, 3.8) is 0 Å². The molecule has 0 aliphatic heterocycles. The lowest BCUT2D eigenvalue weighted by atomic mass is 10.1. The first kappa shape index (κ1) is 10.7. The summed E-state index contributed by atoms with van der Waals surface area (Å²) >= 11 is 0. The molecule has 84 valence electrons. The number of nitrogens with zero attached hydrogens (tertiary/aromatic N) is 3. The van der Waals surface area contributed by atoms with E-state index in [2.05, 4.69) is 20.6 Å². The van der Waals surface area contributed by atoms with E-state index < -0.39 is 0 Å². The molecule has 1 atom stereocenters. The normalized spacial score (nSPS) is 12.6. The van der Waals surface area contributed by atoms with Gasteiger partial charge in [0, 0.05) is 7.11 Å². The fourth-order valence-corrected chi connectivity index (χ4v) is 1.44. The number of benzene rings is 1. The molecule has 6 heteroatoms. The Balaban J connectivity index is 2.15. The maximum Gasteiger partial charge on any atom is 0.195 e. The highest BCUT2D eigenvalue weighted by Crippen LogP contribution is 2.16. The van der Waals surface area contributed by atoms with E-state index in [9.17, 15) is 0 Å². The lowest BCUT2D eigenvalue weighted by Crippen LogP contribution is -2.13. The molecule has 1 unspecified atom stereocenters. The minimum absolute atomic E-state index is 0.352. The summed E-state index contributed by atoms with van der Waals surface area (Å²) in [5.41, 5.74) is 8.02. The summed E-state index contributed by atoms with van der Waals surface area (Å²) in [6, 6.07) is 7.47. The number of rotatable bonds is 4. The number of H-pyrrole nitrogens is 1. The first-order chi connectivity index (χ1) is 7.81. The van der Waals surface area contributed by atoms with Crippen LogP contribution in [-0.4, -0.2) is 27.7 Å². The molecular formula is C10H13N5O. The zero-order valence-electron chi connectivity index (χ0n) is 8.92. The quantitative estimate of drug-likeness (QED) is 0.776. The van der Waals surface area contributed by atoms with Gasteiger partial charge in [-0.05, 0) is 11.1 Å². The molecule has 2 rings (SSSR count). The van der Waals surface area contributed by atoms with E-state index in [4.69, 9.17) is 10.5 Å². The van der Waals surface area contributed by atoms with E-state index in [0.29, 0.717) is 12.4 Å². The molecule has 0 fully saturated rings. The number of hydrogen-bond donors (Lipinski definition) is 2. The van der Waals surface area contributed by atoms with Crippen molar-refractivity contribution in [3.05, 3.63) is 41.2 Å². The van der Waals surface area contributed by atoms with Crippen molar-refractivity contribution in [1.82, 2.24) is 20.6 Å². The summed E-state index contributed by atoms with van der Waals surface area (Å²) in [6.45, 7) is 0.595. The van der Waals surface area contributed by atoms with Gasteiger partial charge in [-0.25, -0.2) is 0 Å². The molecular weight excluding hydrogens is 206 g/mol. The average molecular weight is 219 g/mol. The van der Waals surface area contributed by atoms with Crippen LogP contribution in [0.1, 0.15) is 23.0 Å². The molecule has 1 aromatic heterocycles. The third kappa shape index (κ3) is 2.23. The number of aromatic amines is 1. The maximum absolute atomic E-state index is 5.97. The van der Waals surface area contributed by atoms with Crippen LogP contribution < -0.4 is 5.73 Å². The summed E-state index contributed by atoms with van der Waals surface area (Å²) < 4.78 is 5.03. The average Bonchev–Trinajstić information content (AvgIpc) is 2.83. The SMILES string of the molecule is COCc1ccc(C(N)c2nn[nH]n2)cc1. The number of hydrogen-bond acceptors (Lipinski definition) is 5. The van der Waals surface area contributed by atoms with E-state index in [-0.39, 0.29) is 6.04 Å². The molecule has 0 amide bonds. The summed E-state index contributed by atoms with van der Waals surface area (Å²) in [7, 11) is 1.67. The Morgan fingerprint density at radius 2 is 2.12 bits per heavy atom. The zero-order chi connectivity index (χ0) is 11.4. The summed E-state index contributed by atoms with van der Waals surface area (Å²) in [4.78, 5) is 0. The topological polar surface area (TPSA) is 89.7 Å². The van der Waals surface area contributed by atoms with Crippen LogP contribution in [0.2, 0.25) is 0 Å². The van der Waals surface area contributed by atoms with E-state index in [1.54, 1.807) is 7.11 Å². The molecule has 1 heterocycles. The van der Waals surface area contributed by atoms with Gasteiger partial charge in [0.15, 0.2) is 5.82 Å². The number of tetrazole rings is 1. The fraction of sp³-hybridized carbons (Fsp3) is 0.300. The van der Waals surface area contributed by atoms with Crippen LogP contribution in [0.4, 0.5) is 0 Å². The predicted molar refractivity (Wildman–Crippen MR) is 57.4 cm³/mol. The Bertz CT molecular complexity index is 425. The Labute approximate surface area is 92.8 Å². The lowest BCUT2D eigenvalue weighted by Gasteiger charge is -2.08. The summed E-state index contributed by atoms with van der Waals surface area (Å²) in [6.07, 6.45) is 0. The largest absolute Gasteiger partial charge is 0.380 e. The molecule has 0 aliphatic carbocycles. The number of nitrogens with one attached hydrogen (secondary N) is 1. The molecule has 0 saturated heterocycles. The van der Waals surface area contributed by atoms with Crippen molar-refractivity contribution >= 4 is 0 Å². The van der Waals surface area contributed by atoms with Gasteiger partial charge in [-0.1, -0.05) is 29.5 Å². The highest BCUT2D eigenvalue weighted by Gasteiger charge is 2.12. The Morgan fingerprint density at radius 3 is 2.69 bits per heavy atom. The van der Waals surface area contributed by atoms with Crippen LogP contribution >= 0.6 is 0 Å². The van der Waals surface area contributed by atoms with E-state index in [0.717, 1.165) is 11.1 Å². The Kier molecular flexibility index (Phi) is 3.23. The second kappa shape index (κ2) is 4.82. The van der Waals surface area contributed by atoms with Gasteiger partial charge in [-0.3, -0.25) is 0 Å². The molecule has 3 N–H and O–H groups in total. The number of methoxy groups -OCH3 is 1. The molecule has 0 aliphatic rings. The number of nitrogens with two attached hydrogens (primary N) is 1. The minimum Gasteiger partial charge on any atom is -0.380 e. The molecule has 2 aromatic rings. The number of aromatic nitrogens is 4. The first-order valence-corrected chi connectivity index (χ1v) is 4.88. The second-order valence-electron chi connectivity index (χ2n) is 3.42. The van der Waals surface area contributed by atoms with Gasteiger partial charge in [-0.2, -0.15) is 5.21 Å². The van der Waals surface area contributed by atoms with Gasteiger partial charge in [0.25, 0.3) is 0 Å². The van der Waals surface area contributed by atoms with Crippen molar-refractivity contribution < 1.29 is 4.74 Å². The van der Waals surface area contributed by atoms with E-state index in [1.807, 2.05) is 24.3 Å². The van der Waals surface area contributed by atoms with Gasteiger partial charge >= 0.3 is 0 Å². The van der Waals surface area contributed by atoms with Gasteiger partial charge in [0.05, 0.1) is 12.6 Å². The highest BCUT2D eigenvalue weighted by molar-refractivity contribution is 5.27. The van der Waals surface area contributed by atoms with Crippen molar-refractivity contribution in [3.8, 4) is 0 Å².